The number of amides is 3. The Hall–Kier alpha value is -2.61. The molecule has 1 atom stereocenters. The van der Waals surface area contributed by atoms with E-state index in [0.29, 0.717) is 31.9 Å². The van der Waals surface area contributed by atoms with Crippen molar-refractivity contribution in [3.05, 3.63) is 11.9 Å². The lowest BCUT2D eigenvalue weighted by Gasteiger charge is -2.38. The highest BCUT2D eigenvalue weighted by molar-refractivity contribution is 5.78. The zero-order valence-electron chi connectivity index (χ0n) is 17.8. The van der Waals surface area contributed by atoms with Crippen LogP contribution >= 0.6 is 0 Å². The number of nitrogens with zero attached hydrogens (tertiary/aromatic N) is 4. The topological polar surface area (TPSA) is 157 Å². The molecule has 2 rings (SSSR count). The van der Waals surface area contributed by atoms with E-state index in [2.05, 4.69) is 20.9 Å². The third-order valence-electron chi connectivity index (χ3n) is 4.22. The lowest BCUT2D eigenvalue weighted by molar-refractivity contribution is -0.150. The molecule has 0 bridgehead atoms. The Bertz CT molecular complexity index is 720. The Morgan fingerprint density at radius 3 is 2.74 bits per heavy atom. The fraction of sp³-hybridized carbons (Fsp3) is 0.722. The average molecular weight is 442 g/mol. The zero-order chi connectivity index (χ0) is 22.6. The van der Waals surface area contributed by atoms with Gasteiger partial charge in [0, 0.05) is 33.3 Å². The molecule has 1 unspecified atom stereocenters. The molecule has 1 aliphatic rings. The van der Waals surface area contributed by atoms with Gasteiger partial charge in [-0.2, -0.15) is 0 Å². The van der Waals surface area contributed by atoms with E-state index >= 15 is 0 Å². The first-order valence-corrected chi connectivity index (χ1v) is 9.94. The number of aliphatic hydroxyl groups excluding tert-OH is 1. The minimum atomic E-state index is -0.622. The molecule has 31 heavy (non-hydrogen) atoms. The molecule has 1 saturated heterocycles. The van der Waals surface area contributed by atoms with Crippen molar-refractivity contribution in [1.82, 2.24) is 30.5 Å². The maximum absolute atomic E-state index is 12.1. The van der Waals surface area contributed by atoms with Crippen molar-refractivity contribution in [3.63, 3.8) is 0 Å². The van der Waals surface area contributed by atoms with Crippen molar-refractivity contribution in [2.24, 2.45) is 0 Å². The van der Waals surface area contributed by atoms with Crippen molar-refractivity contribution >= 4 is 17.7 Å². The van der Waals surface area contributed by atoms with Gasteiger partial charge < -0.3 is 34.9 Å². The summed E-state index contributed by atoms with van der Waals surface area (Å²) in [5, 5.41) is 22.1. The number of methoxy groups -OCH3 is 1. The predicted octanol–water partition coefficient (Wildman–Crippen LogP) is -2.72. The number of rotatable bonds is 14. The highest BCUT2D eigenvalue weighted by Crippen LogP contribution is 2.12. The Morgan fingerprint density at radius 2 is 2.03 bits per heavy atom. The second-order valence-electron chi connectivity index (χ2n) is 7.13. The molecule has 13 heteroatoms. The van der Waals surface area contributed by atoms with Crippen LogP contribution in [0, 0.1) is 0 Å². The van der Waals surface area contributed by atoms with Crippen LogP contribution in [0.2, 0.25) is 0 Å². The molecule has 13 nitrogen and oxygen atoms in total. The van der Waals surface area contributed by atoms with Gasteiger partial charge in [-0.25, -0.2) is 4.68 Å². The Balaban J connectivity index is 1.53. The molecule has 0 aromatic carbocycles. The molecule has 1 aromatic rings. The van der Waals surface area contributed by atoms with E-state index in [1.807, 2.05) is 0 Å². The van der Waals surface area contributed by atoms with Gasteiger partial charge in [-0.1, -0.05) is 5.21 Å². The first kappa shape index (κ1) is 24.7. The molecule has 2 heterocycles. The SMILES string of the molecule is COCC(=O)NCCOC1CN(C(=O)COCc2cn(CC(=O)NCC(C)O)nn2)C1. The number of aliphatic hydroxyl groups is 1. The van der Waals surface area contributed by atoms with Crippen molar-refractivity contribution < 1.29 is 33.7 Å². The molecular formula is C18H30N6O7. The summed E-state index contributed by atoms with van der Waals surface area (Å²) in [7, 11) is 1.45. The second-order valence-corrected chi connectivity index (χ2v) is 7.13. The van der Waals surface area contributed by atoms with Gasteiger partial charge in [0.1, 0.15) is 25.5 Å². The Kier molecular flexibility index (Phi) is 10.3. The van der Waals surface area contributed by atoms with Crippen LogP contribution in [0.4, 0.5) is 0 Å². The van der Waals surface area contributed by atoms with Crippen LogP contribution in [-0.2, 0) is 41.7 Å². The lowest BCUT2D eigenvalue weighted by atomic mass is 10.1. The number of likely N-dealkylation sites (tertiary alicyclic amines) is 1. The highest BCUT2D eigenvalue weighted by atomic mass is 16.5. The van der Waals surface area contributed by atoms with Crippen LogP contribution in [0.15, 0.2) is 6.20 Å². The van der Waals surface area contributed by atoms with E-state index in [-0.39, 0.29) is 56.7 Å². The number of carbonyl (C=O) groups is 3. The maximum atomic E-state index is 12.1. The van der Waals surface area contributed by atoms with Crippen LogP contribution in [0.25, 0.3) is 0 Å². The molecule has 1 aliphatic heterocycles. The zero-order valence-corrected chi connectivity index (χ0v) is 17.8. The molecule has 174 valence electrons. The Labute approximate surface area is 180 Å². The van der Waals surface area contributed by atoms with E-state index in [9.17, 15) is 14.4 Å². The summed E-state index contributed by atoms with van der Waals surface area (Å²) in [6.45, 7) is 3.44. The summed E-state index contributed by atoms with van der Waals surface area (Å²) in [5.41, 5.74) is 0.497. The summed E-state index contributed by atoms with van der Waals surface area (Å²) >= 11 is 0. The molecular weight excluding hydrogens is 412 g/mol. The predicted molar refractivity (Wildman–Crippen MR) is 106 cm³/mol. The summed E-state index contributed by atoms with van der Waals surface area (Å²) in [4.78, 5) is 36.6. The van der Waals surface area contributed by atoms with Crippen LogP contribution in [-0.4, -0.2) is 108 Å². The minimum Gasteiger partial charge on any atom is -0.392 e. The van der Waals surface area contributed by atoms with Gasteiger partial charge >= 0.3 is 0 Å². The number of hydrogen-bond donors (Lipinski definition) is 3. The fourth-order valence-corrected chi connectivity index (χ4v) is 2.63. The summed E-state index contributed by atoms with van der Waals surface area (Å²) in [6.07, 6.45) is 0.886. The van der Waals surface area contributed by atoms with Crippen molar-refractivity contribution in [2.75, 3.05) is 53.1 Å². The second kappa shape index (κ2) is 12.9. The van der Waals surface area contributed by atoms with Gasteiger partial charge in [0.2, 0.25) is 17.7 Å². The van der Waals surface area contributed by atoms with Gasteiger partial charge in [0.15, 0.2) is 0 Å². The quantitative estimate of drug-likeness (QED) is 0.260. The third-order valence-corrected chi connectivity index (χ3v) is 4.22. The summed E-state index contributed by atoms with van der Waals surface area (Å²) < 4.78 is 17.0. The number of ether oxygens (including phenoxy) is 3. The molecule has 1 fully saturated rings. The van der Waals surface area contributed by atoms with Gasteiger partial charge in [0.25, 0.3) is 0 Å². The van der Waals surface area contributed by atoms with E-state index in [0.717, 1.165) is 0 Å². The summed E-state index contributed by atoms with van der Waals surface area (Å²) in [6, 6.07) is 0. The smallest absolute Gasteiger partial charge is 0.248 e. The van der Waals surface area contributed by atoms with Crippen LogP contribution in [0.3, 0.4) is 0 Å². The molecule has 3 amide bonds. The van der Waals surface area contributed by atoms with E-state index < -0.39 is 6.10 Å². The monoisotopic (exact) mass is 442 g/mol. The van der Waals surface area contributed by atoms with Gasteiger partial charge in [-0.15, -0.1) is 5.10 Å². The number of nitrogens with one attached hydrogen (secondary N) is 2. The molecule has 3 N–H and O–H groups in total. The normalized spacial score (nSPS) is 14.7. The third kappa shape index (κ3) is 9.38. The van der Waals surface area contributed by atoms with E-state index in [1.165, 1.54) is 11.8 Å². The van der Waals surface area contributed by atoms with Crippen molar-refractivity contribution in [1.29, 1.82) is 0 Å². The standard InChI is InChI=1S/C18H30N6O7/c1-13(25)5-20-16(26)9-24-6-14(21-22-24)10-30-12-18(28)23-7-15(8-23)31-4-3-19-17(27)11-29-2/h6,13,15,25H,3-5,7-12H2,1-2H3,(H,19,27)(H,20,26). The first-order chi connectivity index (χ1) is 14.9. The number of carbonyl (C=O) groups excluding carboxylic acids is 3. The van der Waals surface area contributed by atoms with Gasteiger partial charge in [-0.3, -0.25) is 14.4 Å². The van der Waals surface area contributed by atoms with Crippen LogP contribution < -0.4 is 10.6 Å². The van der Waals surface area contributed by atoms with Crippen LogP contribution in [0.1, 0.15) is 12.6 Å². The number of hydrogen-bond acceptors (Lipinski definition) is 9. The summed E-state index contributed by atoms with van der Waals surface area (Å²) in [5.74, 6) is -0.646. The van der Waals surface area contributed by atoms with Crippen molar-refractivity contribution in [2.45, 2.75) is 32.3 Å². The van der Waals surface area contributed by atoms with E-state index in [4.69, 9.17) is 19.3 Å². The maximum Gasteiger partial charge on any atom is 0.248 e. The number of aromatic nitrogens is 3. The van der Waals surface area contributed by atoms with Gasteiger partial charge in [-0.05, 0) is 6.92 Å². The Morgan fingerprint density at radius 1 is 1.26 bits per heavy atom. The first-order valence-electron chi connectivity index (χ1n) is 9.94. The van der Waals surface area contributed by atoms with Gasteiger partial charge in [0.05, 0.1) is 31.6 Å². The molecule has 0 saturated carbocycles. The van der Waals surface area contributed by atoms with Crippen LogP contribution in [0.5, 0.6) is 0 Å². The lowest BCUT2D eigenvalue weighted by Crippen LogP contribution is -2.56. The molecule has 0 radical (unpaired) electrons. The minimum absolute atomic E-state index is 0.0152. The van der Waals surface area contributed by atoms with Crippen molar-refractivity contribution in [3.8, 4) is 0 Å². The van der Waals surface area contributed by atoms with E-state index in [1.54, 1.807) is 18.0 Å². The fourth-order valence-electron chi connectivity index (χ4n) is 2.63. The molecule has 0 aliphatic carbocycles. The average Bonchev–Trinajstić information content (AvgIpc) is 3.12. The highest BCUT2D eigenvalue weighted by Gasteiger charge is 2.31. The largest absolute Gasteiger partial charge is 0.392 e. The molecule has 1 aromatic heterocycles. The molecule has 0 spiro atoms.